The Hall–Kier alpha value is -2.30. The number of carbonyl (C=O) groups is 1. The number of halogens is 4. The van der Waals surface area contributed by atoms with Gasteiger partial charge in [0, 0.05) is 18.6 Å². The van der Waals surface area contributed by atoms with Gasteiger partial charge in [-0.3, -0.25) is 4.79 Å². The van der Waals surface area contributed by atoms with E-state index >= 15 is 0 Å². The fourth-order valence-electron chi connectivity index (χ4n) is 2.15. The minimum Gasteiger partial charge on any atom is -0.406 e. The van der Waals surface area contributed by atoms with E-state index in [4.69, 9.17) is 11.6 Å². The van der Waals surface area contributed by atoms with Crippen molar-refractivity contribution in [3.05, 3.63) is 59.1 Å². The van der Waals surface area contributed by atoms with Crippen molar-refractivity contribution in [2.24, 2.45) is 0 Å². The van der Waals surface area contributed by atoms with Gasteiger partial charge >= 0.3 is 6.36 Å². The lowest BCUT2D eigenvalue weighted by molar-refractivity contribution is -0.274. The fraction of sp³-hybridized carbons (Fsp3) is 0.235. The van der Waals surface area contributed by atoms with Gasteiger partial charge in [-0.25, -0.2) is 13.1 Å². The van der Waals surface area contributed by atoms with E-state index in [1.807, 2.05) is 0 Å². The molecule has 28 heavy (non-hydrogen) atoms. The summed E-state index contributed by atoms with van der Waals surface area (Å²) in [5.74, 6) is -1.04. The van der Waals surface area contributed by atoms with E-state index < -0.39 is 34.6 Å². The molecule has 0 unspecified atom stereocenters. The fourth-order valence-corrected chi connectivity index (χ4v) is 3.25. The molecule has 11 heteroatoms. The molecule has 0 heterocycles. The molecule has 0 aromatic heterocycles. The monoisotopic (exact) mass is 436 g/mol. The molecule has 0 saturated heterocycles. The topological polar surface area (TPSA) is 75.7 Å². The lowest BCUT2D eigenvalue weighted by atomic mass is 10.2. The Bertz CT molecular complexity index is 917. The number of alkyl halides is 3. The Morgan fingerprint density at radius 3 is 2.21 bits per heavy atom. The van der Waals surface area contributed by atoms with E-state index in [0.29, 0.717) is 5.02 Å². The first-order valence-corrected chi connectivity index (χ1v) is 9.66. The number of amides is 1. The predicted molar refractivity (Wildman–Crippen MR) is 96.2 cm³/mol. The molecular formula is C17H16ClF3N2O4S. The number of sulfonamides is 1. The van der Waals surface area contributed by atoms with Crippen LogP contribution >= 0.6 is 11.6 Å². The predicted octanol–water partition coefficient (Wildman–Crippen LogP) is 3.18. The van der Waals surface area contributed by atoms with Crippen LogP contribution in [0.5, 0.6) is 5.75 Å². The van der Waals surface area contributed by atoms with Gasteiger partial charge in [-0.05, 0) is 42.0 Å². The van der Waals surface area contributed by atoms with Crippen molar-refractivity contribution in [1.29, 1.82) is 0 Å². The quantitative estimate of drug-likeness (QED) is 0.723. The molecule has 0 aliphatic heterocycles. The molecule has 0 spiro atoms. The van der Waals surface area contributed by atoms with Crippen LogP contribution in [0.15, 0.2) is 53.4 Å². The first kappa shape index (κ1) is 22.0. The minimum absolute atomic E-state index is 0.251. The summed E-state index contributed by atoms with van der Waals surface area (Å²) in [5.41, 5.74) is 0.809. The van der Waals surface area contributed by atoms with Crippen LogP contribution in [-0.4, -0.2) is 39.2 Å². The number of rotatable bonds is 7. The Balaban J connectivity index is 1.94. The molecule has 0 fully saturated rings. The second-order valence-electron chi connectivity index (χ2n) is 5.72. The van der Waals surface area contributed by atoms with E-state index in [-0.39, 0.29) is 11.4 Å². The number of ether oxygens (including phenoxy) is 1. The van der Waals surface area contributed by atoms with Crippen LogP contribution in [0.1, 0.15) is 5.56 Å². The molecule has 2 aromatic carbocycles. The van der Waals surface area contributed by atoms with Crippen molar-refractivity contribution in [3.63, 3.8) is 0 Å². The van der Waals surface area contributed by atoms with Crippen molar-refractivity contribution in [3.8, 4) is 5.75 Å². The molecule has 2 aromatic rings. The third-order valence-electron chi connectivity index (χ3n) is 3.54. The van der Waals surface area contributed by atoms with Crippen molar-refractivity contribution in [2.75, 3.05) is 13.6 Å². The molecular weight excluding hydrogens is 421 g/mol. The SMILES string of the molecule is CN(Cc1ccc(Cl)cc1)C(=O)CNS(=O)(=O)c1ccc(OC(F)(F)F)cc1. The summed E-state index contributed by atoms with van der Waals surface area (Å²) in [7, 11) is -2.57. The molecule has 0 aliphatic rings. The van der Waals surface area contributed by atoms with Crippen LogP contribution < -0.4 is 9.46 Å². The van der Waals surface area contributed by atoms with Crippen molar-refractivity contribution >= 4 is 27.5 Å². The molecule has 0 atom stereocenters. The van der Waals surface area contributed by atoms with Crippen LogP contribution in [-0.2, 0) is 21.4 Å². The molecule has 0 radical (unpaired) electrons. The Morgan fingerprint density at radius 2 is 1.68 bits per heavy atom. The average molecular weight is 437 g/mol. The van der Waals surface area contributed by atoms with Gasteiger partial charge in [0.1, 0.15) is 5.75 Å². The molecule has 0 aliphatic carbocycles. The standard InChI is InChI=1S/C17H16ClF3N2O4S/c1-23(11-12-2-4-13(18)5-3-12)16(24)10-22-28(25,26)15-8-6-14(7-9-15)27-17(19,20)21/h2-9,22H,10-11H2,1H3. The van der Waals surface area contributed by atoms with E-state index in [1.54, 1.807) is 24.3 Å². The summed E-state index contributed by atoms with van der Waals surface area (Å²) in [6, 6.07) is 10.5. The van der Waals surface area contributed by atoms with Crippen LogP contribution in [0.3, 0.4) is 0 Å². The Kier molecular flexibility index (Phi) is 6.91. The smallest absolute Gasteiger partial charge is 0.406 e. The maximum atomic E-state index is 12.2. The zero-order valence-corrected chi connectivity index (χ0v) is 16.1. The van der Waals surface area contributed by atoms with Gasteiger partial charge in [0.2, 0.25) is 15.9 Å². The highest BCUT2D eigenvalue weighted by molar-refractivity contribution is 7.89. The van der Waals surface area contributed by atoms with Crippen molar-refractivity contribution in [2.45, 2.75) is 17.8 Å². The highest BCUT2D eigenvalue weighted by Crippen LogP contribution is 2.23. The number of hydrogen-bond donors (Lipinski definition) is 1. The summed E-state index contributed by atoms with van der Waals surface area (Å²) >= 11 is 5.79. The van der Waals surface area contributed by atoms with Gasteiger partial charge in [0.05, 0.1) is 11.4 Å². The van der Waals surface area contributed by atoms with E-state index in [2.05, 4.69) is 9.46 Å². The molecule has 152 valence electrons. The summed E-state index contributed by atoms with van der Waals surface area (Å²) in [6.07, 6.45) is -4.88. The number of likely N-dealkylation sites (N-methyl/N-ethyl adjacent to an activating group) is 1. The van der Waals surface area contributed by atoms with Gasteiger partial charge in [0.25, 0.3) is 0 Å². The number of nitrogens with zero attached hydrogens (tertiary/aromatic N) is 1. The maximum Gasteiger partial charge on any atom is 0.573 e. The van der Waals surface area contributed by atoms with Crippen LogP contribution in [0.4, 0.5) is 13.2 Å². The first-order valence-electron chi connectivity index (χ1n) is 7.80. The normalized spacial score (nSPS) is 11.9. The molecule has 0 saturated carbocycles. The third kappa shape index (κ3) is 6.70. The van der Waals surface area contributed by atoms with Gasteiger partial charge in [0.15, 0.2) is 0 Å². The minimum atomic E-state index is -4.88. The van der Waals surface area contributed by atoms with E-state index in [0.717, 1.165) is 29.8 Å². The van der Waals surface area contributed by atoms with Gasteiger partial charge in [-0.1, -0.05) is 23.7 Å². The van der Waals surface area contributed by atoms with Gasteiger partial charge < -0.3 is 9.64 Å². The average Bonchev–Trinajstić information content (AvgIpc) is 2.60. The van der Waals surface area contributed by atoms with Crippen LogP contribution in [0.25, 0.3) is 0 Å². The molecule has 1 amide bonds. The second kappa shape index (κ2) is 8.80. The number of hydrogen-bond acceptors (Lipinski definition) is 4. The lowest BCUT2D eigenvalue weighted by Gasteiger charge is -2.18. The zero-order valence-electron chi connectivity index (χ0n) is 14.5. The van der Waals surface area contributed by atoms with Crippen molar-refractivity contribution < 1.29 is 31.1 Å². The highest BCUT2D eigenvalue weighted by atomic mass is 35.5. The number of nitrogens with one attached hydrogen (secondary N) is 1. The molecule has 1 N–H and O–H groups in total. The van der Waals surface area contributed by atoms with Crippen LogP contribution in [0, 0.1) is 0 Å². The zero-order chi connectivity index (χ0) is 20.9. The second-order valence-corrected chi connectivity index (χ2v) is 7.92. The first-order chi connectivity index (χ1) is 13.0. The van der Waals surface area contributed by atoms with Gasteiger partial charge in [-0.2, -0.15) is 0 Å². The number of benzene rings is 2. The Morgan fingerprint density at radius 1 is 1.11 bits per heavy atom. The number of carbonyl (C=O) groups excluding carboxylic acids is 1. The summed E-state index contributed by atoms with van der Waals surface area (Å²) < 4.78 is 66.6. The third-order valence-corrected chi connectivity index (χ3v) is 5.21. The van der Waals surface area contributed by atoms with Gasteiger partial charge in [-0.15, -0.1) is 13.2 Å². The van der Waals surface area contributed by atoms with Crippen LogP contribution in [0.2, 0.25) is 5.02 Å². The molecule has 2 rings (SSSR count). The van der Waals surface area contributed by atoms with Crippen molar-refractivity contribution in [1.82, 2.24) is 9.62 Å². The Labute approximate surface area is 164 Å². The lowest BCUT2D eigenvalue weighted by Crippen LogP contribution is -2.37. The summed E-state index contributed by atoms with van der Waals surface area (Å²) in [6.45, 7) is -0.256. The molecule has 6 nitrogen and oxygen atoms in total. The van der Waals surface area contributed by atoms with E-state index in [9.17, 15) is 26.4 Å². The molecule has 0 bridgehead atoms. The maximum absolute atomic E-state index is 12.2. The highest BCUT2D eigenvalue weighted by Gasteiger charge is 2.31. The largest absolute Gasteiger partial charge is 0.573 e. The van der Waals surface area contributed by atoms with E-state index in [1.165, 1.54) is 11.9 Å². The summed E-state index contributed by atoms with van der Waals surface area (Å²) in [4.78, 5) is 13.2. The summed E-state index contributed by atoms with van der Waals surface area (Å²) in [5, 5.41) is 0.553.